The molecule has 4 rings (SSSR count). The monoisotopic (exact) mass is 287 g/mol. The van der Waals surface area contributed by atoms with Gasteiger partial charge in [-0.2, -0.15) is 0 Å². The van der Waals surface area contributed by atoms with Gasteiger partial charge in [0.15, 0.2) is 6.10 Å². The molecule has 1 amide bonds. The van der Waals surface area contributed by atoms with Gasteiger partial charge in [-0.3, -0.25) is 4.79 Å². The van der Waals surface area contributed by atoms with Gasteiger partial charge < -0.3 is 14.4 Å². The van der Waals surface area contributed by atoms with Crippen LogP contribution < -0.4 is 4.74 Å². The van der Waals surface area contributed by atoms with E-state index in [1.165, 1.54) is 12.8 Å². The van der Waals surface area contributed by atoms with Crippen LogP contribution in [0.3, 0.4) is 0 Å². The summed E-state index contributed by atoms with van der Waals surface area (Å²) < 4.78 is 11.7. The Balaban J connectivity index is 1.50. The van der Waals surface area contributed by atoms with Gasteiger partial charge in [-0.25, -0.2) is 0 Å². The molecule has 1 aromatic rings. The van der Waals surface area contributed by atoms with E-state index in [1.807, 2.05) is 29.2 Å². The minimum absolute atomic E-state index is 0.145. The maximum atomic E-state index is 12.9. The van der Waals surface area contributed by atoms with Gasteiger partial charge in [-0.15, -0.1) is 0 Å². The second kappa shape index (κ2) is 5.34. The molecule has 4 nitrogen and oxygen atoms in total. The summed E-state index contributed by atoms with van der Waals surface area (Å²) in [6.45, 7) is 1.36. The van der Waals surface area contributed by atoms with Crippen molar-refractivity contribution in [3.63, 3.8) is 0 Å². The van der Waals surface area contributed by atoms with Gasteiger partial charge in [0.25, 0.3) is 5.91 Å². The molecule has 0 unspecified atom stereocenters. The van der Waals surface area contributed by atoms with Crippen LogP contribution in [0.1, 0.15) is 31.2 Å². The van der Waals surface area contributed by atoms with Crippen molar-refractivity contribution in [2.75, 3.05) is 13.2 Å². The van der Waals surface area contributed by atoms with Crippen LogP contribution in [0.4, 0.5) is 0 Å². The third-order valence-corrected chi connectivity index (χ3v) is 4.94. The first kappa shape index (κ1) is 13.1. The third kappa shape index (κ3) is 2.31. The number of rotatable bonds is 1. The molecule has 3 atom stereocenters. The first-order valence-electron chi connectivity index (χ1n) is 7.99. The quantitative estimate of drug-likeness (QED) is 0.794. The molecular formula is C17H21NO3. The lowest BCUT2D eigenvalue weighted by Gasteiger charge is -2.44. The summed E-state index contributed by atoms with van der Waals surface area (Å²) in [5, 5.41) is 0. The fraction of sp³-hybridized carbons (Fsp3) is 0.588. The second-order valence-electron chi connectivity index (χ2n) is 6.21. The number of ether oxygens (including phenoxy) is 2. The zero-order valence-corrected chi connectivity index (χ0v) is 12.2. The lowest BCUT2D eigenvalue weighted by molar-refractivity contribution is -0.155. The number of nitrogens with zero attached hydrogens (tertiary/aromatic N) is 1. The number of amides is 1. The Bertz CT molecular complexity index is 518. The van der Waals surface area contributed by atoms with E-state index in [0.717, 1.165) is 24.2 Å². The van der Waals surface area contributed by atoms with Crippen LogP contribution in [0, 0.1) is 0 Å². The molecule has 2 heterocycles. The molecule has 3 aliphatic rings. The van der Waals surface area contributed by atoms with E-state index in [0.29, 0.717) is 19.6 Å². The Kier molecular flexibility index (Phi) is 3.34. The molecule has 1 aliphatic carbocycles. The molecule has 1 saturated carbocycles. The van der Waals surface area contributed by atoms with Crippen LogP contribution in [0.25, 0.3) is 0 Å². The molecule has 21 heavy (non-hydrogen) atoms. The normalized spacial score (nSPS) is 31.2. The molecule has 0 bridgehead atoms. The summed E-state index contributed by atoms with van der Waals surface area (Å²) in [6, 6.07) is 8.21. The predicted octanol–water partition coefficient (Wildman–Crippen LogP) is 2.16. The number of carbonyl (C=O) groups is 1. The van der Waals surface area contributed by atoms with Crippen molar-refractivity contribution in [1.82, 2.24) is 4.90 Å². The second-order valence-corrected chi connectivity index (χ2v) is 6.21. The summed E-state index contributed by atoms with van der Waals surface area (Å²) in [5.41, 5.74) is 1.14. The topological polar surface area (TPSA) is 38.8 Å². The Morgan fingerprint density at radius 3 is 2.95 bits per heavy atom. The van der Waals surface area contributed by atoms with Gasteiger partial charge in [0.1, 0.15) is 5.75 Å². The summed E-state index contributed by atoms with van der Waals surface area (Å²) in [7, 11) is 0. The summed E-state index contributed by atoms with van der Waals surface area (Å²) in [5.74, 6) is 1.01. The molecule has 1 aromatic carbocycles. The van der Waals surface area contributed by atoms with E-state index in [9.17, 15) is 4.79 Å². The van der Waals surface area contributed by atoms with Crippen molar-refractivity contribution in [3.05, 3.63) is 29.8 Å². The molecule has 0 radical (unpaired) electrons. The van der Waals surface area contributed by atoms with E-state index in [4.69, 9.17) is 9.47 Å². The molecule has 0 spiro atoms. The van der Waals surface area contributed by atoms with Crippen LogP contribution in [0.2, 0.25) is 0 Å². The number of fused-ring (bicyclic) bond motifs is 2. The lowest BCUT2D eigenvalue weighted by atomic mass is 9.89. The maximum absolute atomic E-state index is 12.9. The van der Waals surface area contributed by atoms with Gasteiger partial charge in [0.05, 0.1) is 18.8 Å². The van der Waals surface area contributed by atoms with Crippen molar-refractivity contribution in [2.45, 2.75) is 50.4 Å². The standard InChI is InChI=1S/C17H21NO3/c19-17(16-11-12-5-1-3-7-14(12)21-16)18-9-10-20-15-8-4-2-6-13(15)18/h1,3,5,7,13,15-16H,2,4,6,8-11H2/t13-,15-,16+/m1/s1. The van der Waals surface area contributed by atoms with Gasteiger partial charge in [0, 0.05) is 13.0 Å². The first-order chi connectivity index (χ1) is 10.3. The Hall–Kier alpha value is -1.55. The first-order valence-corrected chi connectivity index (χ1v) is 7.99. The minimum atomic E-state index is -0.344. The highest BCUT2D eigenvalue weighted by atomic mass is 16.5. The van der Waals surface area contributed by atoms with Gasteiger partial charge in [0.2, 0.25) is 0 Å². The zero-order valence-electron chi connectivity index (χ0n) is 12.2. The SMILES string of the molecule is O=C([C@@H]1Cc2ccccc2O1)N1CCO[C@@H]2CCCC[C@H]21. The molecular weight excluding hydrogens is 266 g/mol. The molecule has 2 fully saturated rings. The average molecular weight is 287 g/mol. The fourth-order valence-corrected chi connectivity index (χ4v) is 3.87. The highest BCUT2D eigenvalue weighted by Gasteiger charge is 2.41. The zero-order chi connectivity index (χ0) is 14.2. The molecule has 0 N–H and O–H groups in total. The van der Waals surface area contributed by atoms with Crippen LogP contribution >= 0.6 is 0 Å². The Morgan fingerprint density at radius 2 is 2.05 bits per heavy atom. The van der Waals surface area contributed by atoms with Crippen molar-refractivity contribution < 1.29 is 14.3 Å². The maximum Gasteiger partial charge on any atom is 0.264 e. The summed E-state index contributed by atoms with van der Waals surface area (Å²) in [4.78, 5) is 14.9. The van der Waals surface area contributed by atoms with Crippen LogP contribution in [-0.2, 0) is 16.0 Å². The van der Waals surface area contributed by atoms with Crippen molar-refractivity contribution in [2.24, 2.45) is 0 Å². The molecule has 1 saturated heterocycles. The van der Waals surface area contributed by atoms with Crippen LogP contribution in [-0.4, -0.2) is 42.2 Å². The van der Waals surface area contributed by atoms with E-state index >= 15 is 0 Å². The summed E-state index contributed by atoms with van der Waals surface area (Å²) in [6.07, 6.45) is 5.15. The molecule has 0 aromatic heterocycles. The van der Waals surface area contributed by atoms with Gasteiger partial charge >= 0.3 is 0 Å². The molecule has 4 heteroatoms. The molecule has 2 aliphatic heterocycles. The van der Waals surface area contributed by atoms with Crippen molar-refractivity contribution >= 4 is 5.91 Å². The van der Waals surface area contributed by atoms with E-state index in [-0.39, 0.29) is 24.2 Å². The highest BCUT2D eigenvalue weighted by Crippen LogP contribution is 2.32. The minimum Gasteiger partial charge on any atom is -0.480 e. The number of carbonyl (C=O) groups excluding carboxylic acids is 1. The number of para-hydroxylation sites is 1. The van der Waals surface area contributed by atoms with Crippen molar-refractivity contribution in [1.29, 1.82) is 0 Å². The van der Waals surface area contributed by atoms with Crippen molar-refractivity contribution in [3.8, 4) is 5.75 Å². The highest BCUT2D eigenvalue weighted by molar-refractivity contribution is 5.83. The number of benzene rings is 1. The number of morpholine rings is 1. The third-order valence-electron chi connectivity index (χ3n) is 4.94. The van der Waals surface area contributed by atoms with Crippen LogP contribution in [0.5, 0.6) is 5.75 Å². The number of hydrogen-bond acceptors (Lipinski definition) is 3. The smallest absolute Gasteiger partial charge is 0.264 e. The summed E-state index contributed by atoms with van der Waals surface area (Å²) >= 11 is 0. The van der Waals surface area contributed by atoms with Gasteiger partial charge in [-0.05, 0) is 24.5 Å². The Labute approximate surface area is 125 Å². The predicted molar refractivity (Wildman–Crippen MR) is 78.3 cm³/mol. The lowest BCUT2D eigenvalue weighted by Crippen LogP contribution is -2.57. The average Bonchev–Trinajstić information content (AvgIpc) is 2.97. The number of hydrogen-bond donors (Lipinski definition) is 0. The largest absolute Gasteiger partial charge is 0.480 e. The van der Waals surface area contributed by atoms with Crippen LogP contribution in [0.15, 0.2) is 24.3 Å². The van der Waals surface area contributed by atoms with E-state index in [2.05, 4.69) is 0 Å². The Morgan fingerprint density at radius 1 is 1.19 bits per heavy atom. The van der Waals surface area contributed by atoms with Gasteiger partial charge in [-0.1, -0.05) is 31.0 Å². The molecule has 112 valence electrons. The fourth-order valence-electron chi connectivity index (χ4n) is 3.87. The van der Waals surface area contributed by atoms with E-state index < -0.39 is 0 Å². The van der Waals surface area contributed by atoms with E-state index in [1.54, 1.807) is 0 Å².